The summed E-state index contributed by atoms with van der Waals surface area (Å²) in [6.45, 7) is 6.22. The van der Waals surface area contributed by atoms with Crippen molar-refractivity contribution in [2.45, 2.75) is 13.3 Å². The molecular weight excluding hydrogens is 168 g/mol. The summed E-state index contributed by atoms with van der Waals surface area (Å²) in [5.41, 5.74) is 0. The lowest BCUT2D eigenvalue weighted by Gasteiger charge is -2.00. The molecule has 0 aromatic heterocycles. The Morgan fingerprint density at radius 1 is 1.75 bits per heavy atom. The molecule has 0 aliphatic rings. The zero-order chi connectivity index (χ0) is 6.41. The van der Waals surface area contributed by atoms with Crippen LogP contribution in [-0.2, 0) is 4.74 Å². The van der Waals surface area contributed by atoms with Gasteiger partial charge in [-0.05, 0) is 13.3 Å². The van der Waals surface area contributed by atoms with Crippen molar-refractivity contribution in [1.29, 1.82) is 0 Å². The summed E-state index contributed by atoms with van der Waals surface area (Å²) in [6, 6.07) is 0. The molecule has 8 heavy (non-hydrogen) atoms. The molecular formula is C6H11BrO. The monoisotopic (exact) mass is 178 g/mol. The second-order valence-electron chi connectivity index (χ2n) is 1.59. The minimum absolute atomic E-state index is 0.778. The van der Waals surface area contributed by atoms with Crippen molar-refractivity contribution in [3.05, 3.63) is 12.3 Å². The Hall–Kier alpha value is 0.0200. The van der Waals surface area contributed by atoms with Gasteiger partial charge in [-0.2, -0.15) is 0 Å². The van der Waals surface area contributed by atoms with Crippen molar-refractivity contribution in [3.63, 3.8) is 0 Å². The third-order valence-corrected chi connectivity index (χ3v) is 1.19. The van der Waals surface area contributed by atoms with Gasteiger partial charge in [0.25, 0.3) is 0 Å². The minimum atomic E-state index is 0.778. The van der Waals surface area contributed by atoms with Gasteiger partial charge in [0, 0.05) is 5.33 Å². The SMILES string of the molecule is C=C(C)OCCCBr. The van der Waals surface area contributed by atoms with Crippen molar-refractivity contribution < 1.29 is 4.74 Å². The van der Waals surface area contributed by atoms with Crippen LogP contribution in [0.3, 0.4) is 0 Å². The molecule has 0 fully saturated rings. The average molecular weight is 179 g/mol. The Balaban J connectivity index is 2.82. The molecule has 0 spiro atoms. The number of rotatable bonds is 4. The lowest BCUT2D eigenvalue weighted by Crippen LogP contribution is -1.90. The Kier molecular flexibility index (Phi) is 5.18. The van der Waals surface area contributed by atoms with Crippen LogP contribution in [0.15, 0.2) is 12.3 Å². The number of ether oxygens (including phenoxy) is 1. The predicted octanol–water partition coefficient (Wildman–Crippen LogP) is 2.32. The van der Waals surface area contributed by atoms with Crippen LogP contribution in [0.2, 0.25) is 0 Å². The highest BCUT2D eigenvalue weighted by Crippen LogP contribution is 1.93. The van der Waals surface area contributed by atoms with Gasteiger partial charge < -0.3 is 4.74 Å². The maximum atomic E-state index is 5.06. The summed E-state index contributed by atoms with van der Waals surface area (Å²) < 4.78 is 5.06. The molecule has 0 rings (SSSR count). The van der Waals surface area contributed by atoms with Crippen molar-refractivity contribution in [2.24, 2.45) is 0 Å². The van der Waals surface area contributed by atoms with Crippen LogP contribution in [0.4, 0.5) is 0 Å². The Morgan fingerprint density at radius 2 is 2.38 bits per heavy atom. The van der Waals surface area contributed by atoms with Crippen LogP contribution in [-0.4, -0.2) is 11.9 Å². The number of alkyl halides is 1. The molecule has 2 heteroatoms. The van der Waals surface area contributed by atoms with Gasteiger partial charge in [0.15, 0.2) is 0 Å². The number of allylic oxidation sites excluding steroid dienone is 1. The molecule has 0 N–H and O–H groups in total. The van der Waals surface area contributed by atoms with Crippen LogP contribution >= 0.6 is 15.9 Å². The standard InChI is InChI=1S/C6H11BrO/c1-6(2)8-5-3-4-7/h1,3-5H2,2H3. The normalized spacial score (nSPS) is 8.75. The fraction of sp³-hybridized carbons (Fsp3) is 0.667. The fourth-order valence-electron chi connectivity index (χ4n) is 0.301. The number of hydrogen-bond donors (Lipinski definition) is 0. The summed E-state index contributed by atoms with van der Waals surface area (Å²) in [5, 5.41) is 1.00. The maximum absolute atomic E-state index is 5.06. The maximum Gasteiger partial charge on any atom is 0.0884 e. The lowest BCUT2D eigenvalue weighted by atomic mass is 10.5. The van der Waals surface area contributed by atoms with Gasteiger partial charge in [0.05, 0.1) is 12.4 Å². The van der Waals surface area contributed by atoms with E-state index in [4.69, 9.17) is 4.74 Å². The summed E-state index contributed by atoms with van der Waals surface area (Å²) in [4.78, 5) is 0. The summed E-state index contributed by atoms with van der Waals surface area (Å²) in [6.07, 6.45) is 1.05. The largest absolute Gasteiger partial charge is 0.499 e. The molecule has 0 bridgehead atoms. The first-order chi connectivity index (χ1) is 3.77. The molecule has 0 amide bonds. The Labute approximate surface area is 58.9 Å². The smallest absolute Gasteiger partial charge is 0.0884 e. The number of halogens is 1. The van der Waals surface area contributed by atoms with E-state index in [1.165, 1.54) is 0 Å². The van der Waals surface area contributed by atoms with E-state index in [2.05, 4.69) is 22.5 Å². The Morgan fingerprint density at radius 3 is 2.75 bits per heavy atom. The van der Waals surface area contributed by atoms with E-state index in [-0.39, 0.29) is 0 Å². The highest BCUT2D eigenvalue weighted by atomic mass is 79.9. The van der Waals surface area contributed by atoms with Gasteiger partial charge in [-0.1, -0.05) is 22.5 Å². The molecule has 0 atom stereocenters. The zero-order valence-electron chi connectivity index (χ0n) is 5.11. The molecule has 0 radical (unpaired) electrons. The van der Waals surface area contributed by atoms with Crippen molar-refractivity contribution >= 4 is 15.9 Å². The van der Waals surface area contributed by atoms with Gasteiger partial charge in [0.2, 0.25) is 0 Å². The van der Waals surface area contributed by atoms with E-state index >= 15 is 0 Å². The predicted molar refractivity (Wildman–Crippen MR) is 39.2 cm³/mol. The second kappa shape index (κ2) is 5.16. The van der Waals surface area contributed by atoms with Crippen LogP contribution in [0.1, 0.15) is 13.3 Å². The van der Waals surface area contributed by atoms with Gasteiger partial charge in [-0.3, -0.25) is 0 Å². The molecule has 0 aliphatic heterocycles. The van der Waals surface area contributed by atoms with E-state index in [0.717, 1.165) is 24.1 Å². The van der Waals surface area contributed by atoms with E-state index in [1.54, 1.807) is 0 Å². The summed E-state index contributed by atoms with van der Waals surface area (Å²) >= 11 is 3.29. The van der Waals surface area contributed by atoms with Gasteiger partial charge in [-0.15, -0.1) is 0 Å². The number of hydrogen-bond acceptors (Lipinski definition) is 1. The molecule has 0 aromatic carbocycles. The van der Waals surface area contributed by atoms with Gasteiger partial charge in [0.1, 0.15) is 0 Å². The van der Waals surface area contributed by atoms with E-state index in [9.17, 15) is 0 Å². The Bertz CT molecular complexity index is 70.9. The van der Waals surface area contributed by atoms with E-state index < -0.39 is 0 Å². The quantitative estimate of drug-likeness (QED) is 0.365. The molecule has 0 saturated carbocycles. The van der Waals surface area contributed by atoms with E-state index in [0.29, 0.717) is 0 Å². The van der Waals surface area contributed by atoms with Gasteiger partial charge in [-0.25, -0.2) is 0 Å². The summed E-state index contributed by atoms with van der Waals surface area (Å²) in [5.74, 6) is 0.797. The van der Waals surface area contributed by atoms with Crippen LogP contribution in [0, 0.1) is 0 Å². The first-order valence-electron chi connectivity index (χ1n) is 2.61. The van der Waals surface area contributed by atoms with Crippen molar-refractivity contribution in [3.8, 4) is 0 Å². The molecule has 48 valence electrons. The first-order valence-corrected chi connectivity index (χ1v) is 3.74. The zero-order valence-corrected chi connectivity index (χ0v) is 6.70. The van der Waals surface area contributed by atoms with Gasteiger partial charge >= 0.3 is 0 Å². The average Bonchev–Trinajstić information content (AvgIpc) is 1.66. The van der Waals surface area contributed by atoms with Crippen molar-refractivity contribution in [2.75, 3.05) is 11.9 Å². The lowest BCUT2D eigenvalue weighted by molar-refractivity contribution is 0.217. The highest BCUT2D eigenvalue weighted by Gasteiger charge is 1.83. The van der Waals surface area contributed by atoms with Crippen LogP contribution in [0.25, 0.3) is 0 Å². The molecule has 0 unspecified atom stereocenters. The third-order valence-electron chi connectivity index (χ3n) is 0.626. The molecule has 1 nitrogen and oxygen atoms in total. The topological polar surface area (TPSA) is 9.23 Å². The van der Waals surface area contributed by atoms with Crippen LogP contribution in [0.5, 0.6) is 0 Å². The fourth-order valence-corrected chi connectivity index (χ4v) is 0.530. The molecule has 0 aromatic rings. The third kappa shape index (κ3) is 6.02. The molecule has 0 saturated heterocycles. The van der Waals surface area contributed by atoms with Crippen LogP contribution < -0.4 is 0 Å². The van der Waals surface area contributed by atoms with Crippen molar-refractivity contribution in [1.82, 2.24) is 0 Å². The first kappa shape index (κ1) is 8.02. The molecule has 0 aliphatic carbocycles. The molecule has 0 heterocycles. The second-order valence-corrected chi connectivity index (χ2v) is 2.39. The van der Waals surface area contributed by atoms with E-state index in [1.807, 2.05) is 6.92 Å². The summed E-state index contributed by atoms with van der Waals surface area (Å²) in [7, 11) is 0. The minimum Gasteiger partial charge on any atom is -0.499 e. The highest BCUT2D eigenvalue weighted by molar-refractivity contribution is 9.09.